The highest BCUT2D eigenvalue weighted by molar-refractivity contribution is 5.52. The minimum Gasteiger partial charge on any atom is -0.367 e. The first-order chi connectivity index (χ1) is 7.70. The first-order valence-corrected chi connectivity index (χ1v) is 5.91. The molecule has 16 heavy (non-hydrogen) atoms. The zero-order valence-corrected chi connectivity index (χ0v) is 10.2. The zero-order chi connectivity index (χ0) is 11.5. The Bertz CT molecular complexity index is 407. The fourth-order valence-corrected chi connectivity index (χ4v) is 2.05. The fraction of sp³-hybridized carbons (Fsp3) is 0.429. The highest BCUT2D eigenvalue weighted by atomic mass is 15.1. The van der Waals surface area contributed by atoms with Gasteiger partial charge in [-0.2, -0.15) is 0 Å². The molecule has 1 aromatic rings. The topological polar surface area (TPSA) is 29.3 Å². The Morgan fingerprint density at radius 2 is 2.06 bits per heavy atom. The predicted molar refractivity (Wildman–Crippen MR) is 69.9 cm³/mol. The van der Waals surface area contributed by atoms with E-state index in [0.717, 1.165) is 19.5 Å². The molecular formula is C14H20N2. The van der Waals surface area contributed by atoms with Crippen LogP contribution in [0.25, 0.3) is 0 Å². The van der Waals surface area contributed by atoms with Gasteiger partial charge in [0.05, 0.1) is 0 Å². The second-order valence-electron chi connectivity index (χ2n) is 4.53. The Balaban J connectivity index is 2.14. The summed E-state index contributed by atoms with van der Waals surface area (Å²) in [4.78, 5) is 2.41. The number of benzene rings is 1. The van der Waals surface area contributed by atoms with E-state index in [9.17, 15) is 0 Å². The van der Waals surface area contributed by atoms with Gasteiger partial charge in [0, 0.05) is 25.3 Å². The van der Waals surface area contributed by atoms with Crippen molar-refractivity contribution in [2.24, 2.45) is 5.73 Å². The SMILES string of the molecule is Cc1ccc(N2CC=C(CN)CC2)cc1C. The Hall–Kier alpha value is -1.28. The van der Waals surface area contributed by atoms with Gasteiger partial charge in [-0.25, -0.2) is 0 Å². The van der Waals surface area contributed by atoms with E-state index in [1.54, 1.807) is 0 Å². The molecule has 2 heteroatoms. The van der Waals surface area contributed by atoms with E-state index in [-0.39, 0.29) is 0 Å². The third kappa shape index (κ3) is 2.27. The molecule has 0 unspecified atom stereocenters. The van der Waals surface area contributed by atoms with Crippen LogP contribution in [0.15, 0.2) is 29.8 Å². The largest absolute Gasteiger partial charge is 0.367 e. The highest BCUT2D eigenvalue weighted by Gasteiger charge is 2.11. The van der Waals surface area contributed by atoms with Gasteiger partial charge in [-0.1, -0.05) is 17.7 Å². The van der Waals surface area contributed by atoms with Gasteiger partial charge in [-0.15, -0.1) is 0 Å². The average molecular weight is 216 g/mol. The number of hydrogen-bond donors (Lipinski definition) is 1. The van der Waals surface area contributed by atoms with Gasteiger partial charge >= 0.3 is 0 Å². The van der Waals surface area contributed by atoms with Crippen LogP contribution in [0.3, 0.4) is 0 Å². The number of hydrogen-bond acceptors (Lipinski definition) is 2. The van der Waals surface area contributed by atoms with Crippen molar-refractivity contribution in [2.75, 3.05) is 24.5 Å². The zero-order valence-electron chi connectivity index (χ0n) is 10.2. The van der Waals surface area contributed by atoms with Gasteiger partial charge < -0.3 is 10.6 Å². The number of aryl methyl sites for hydroxylation is 2. The van der Waals surface area contributed by atoms with Crippen LogP contribution in [0.4, 0.5) is 5.69 Å². The van der Waals surface area contributed by atoms with Gasteiger partial charge in [-0.3, -0.25) is 0 Å². The number of rotatable bonds is 2. The Morgan fingerprint density at radius 1 is 1.25 bits per heavy atom. The second kappa shape index (κ2) is 4.71. The molecule has 1 aromatic carbocycles. The van der Waals surface area contributed by atoms with Crippen molar-refractivity contribution in [2.45, 2.75) is 20.3 Å². The van der Waals surface area contributed by atoms with Gasteiger partial charge in [-0.05, 0) is 43.5 Å². The van der Waals surface area contributed by atoms with Crippen LogP contribution in [0.1, 0.15) is 17.5 Å². The summed E-state index contributed by atoms with van der Waals surface area (Å²) in [7, 11) is 0. The molecule has 0 fully saturated rings. The smallest absolute Gasteiger partial charge is 0.0371 e. The average Bonchev–Trinajstić information content (AvgIpc) is 2.33. The lowest BCUT2D eigenvalue weighted by Gasteiger charge is -2.28. The van der Waals surface area contributed by atoms with Crippen LogP contribution in [0, 0.1) is 13.8 Å². The Kier molecular flexibility index (Phi) is 3.30. The summed E-state index contributed by atoms with van der Waals surface area (Å²) in [6.45, 7) is 7.12. The number of anilines is 1. The molecule has 1 heterocycles. The first-order valence-electron chi connectivity index (χ1n) is 5.91. The molecule has 2 nitrogen and oxygen atoms in total. The molecular weight excluding hydrogens is 196 g/mol. The molecule has 0 spiro atoms. The lowest BCUT2D eigenvalue weighted by atomic mass is 10.1. The van der Waals surface area contributed by atoms with Crippen LogP contribution >= 0.6 is 0 Å². The molecule has 0 amide bonds. The maximum atomic E-state index is 5.64. The lowest BCUT2D eigenvalue weighted by molar-refractivity contribution is 0.772. The monoisotopic (exact) mass is 216 g/mol. The molecule has 1 aliphatic rings. The molecule has 0 aromatic heterocycles. The van der Waals surface area contributed by atoms with Crippen LogP contribution in [-0.2, 0) is 0 Å². The van der Waals surface area contributed by atoms with E-state index in [4.69, 9.17) is 5.73 Å². The van der Waals surface area contributed by atoms with Crippen molar-refractivity contribution in [3.8, 4) is 0 Å². The van der Waals surface area contributed by atoms with Gasteiger partial charge in [0.15, 0.2) is 0 Å². The standard InChI is InChI=1S/C14H20N2/c1-11-3-4-14(9-12(11)2)16-7-5-13(10-15)6-8-16/h3-5,9H,6-8,10,15H2,1-2H3. The van der Waals surface area contributed by atoms with Crippen LogP contribution in [0.2, 0.25) is 0 Å². The minimum atomic E-state index is 0.709. The molecule has 0 bridgehead atoms. The Morgan fingerprint density at radius 3 is 2.62 bits per heavy atom. The predicted octanol–water partition coefficient (Wildman–Crippen LogP) is 2.40. The quantitative estimate of drug-likeness (QED) is 0.769. The summed E-state index contributed by atoms with van der Waals surface area (Å²) in [6.07, 6.45) is 3.36. The van der Waals surface area contributed by atoms with Crippen LogP contribution in [0.5, 0.6) is 0 Å². The fourth-order valence-electron chi connectivity index (χ4n) is 2.05. The van der Waals surface area contributed by atoms with Gasteiger partial charge in [0.25, 0.3) is 0 Å². The summed E-state index contributed by atoms with van der Waals surface area (Å²) in [5.74, 6) is 0. The van der Waals surface area contributed by atoms with Crippen LogP contribution in [-0.4, -0.2) is 19.6 Å². The summed E-state index contributed by atoms with van der Waals surface area (Å²) in [5.41, 5.74) is 11.1. The highest BCUT2D eigenvalue weighted by Crippen LogP contribution is 2.21. The number of nitrogens with two attached hydrogens (primary N) is 1. The third-order valence-electron chi connectivity index (χ3n) is 3.42. The van der Waals surface area contributed by atoms with E-state index in [2.05, 4.69) is 43.0 Å². The van der Waals surface area contributed by atoms with Crippen molar-refractivity contribution >= 4 is 5.69 Å². The van der Waals surface area contributed by atoms with E-state index in [1.165, 1.54) is 22.4 Å². The molecule has 1 aliphatic heterocycles. The summed E-state index contributed by atoms with van der Waals surface area (Å²) >= 11 is 0. The van der Waals surface area contributed by atoms with E-state index in [1.807, 2.05) is 0 Å². The molecule has 0 radical (unpaired) electrons. The Labute approximate surface area is 97.8 Å². The van der Waals surface area contributed by atoms with Crippen molar-refractivity contribution in [3.05, 3.63) is 41.0 Å². The van der Waals surface area contributed by atoms with E-state index < -0.39 is 0 Å². The molecule has 0 aliphatic carbocycles. The lowest BCUT2D eigenvalue weighted by Crippen LogP contribution is -2.29. The van der Waals surface area contributed by atoms with E-state index >= 15 is 0 Å². The van der Waals surface area contributed by atoms with Gasteiger partial charge in [0.1, 0.15) is 0 Å². The van der Waals surface area contributed by atoms with Crippen molar-refractivity contribution < 1.29 is 0 Å². The number of nitrogens with zero attached hydrogens (tertiary/aromatic N) is 1. The minimum absolute atomic E-state index is 0.709. The summed E-state index contributed by atoms with van der Waals surface area (Å²) in [6, 6.07) is 6.69. The third-order valence-corrected chi connectivity index (χ3v) is 3.42. The molecule has 0 saturated carbocycles. The summed E-state index contributed by atoms with van der Waals surface area (Å²) < 4.78 is 0. The first kappa shape index (κ1) is 11.2. The van der Waals surface area contributed by atoms with E-state index in [0.29, 0.717) is 6.54 Å². The normalized spacial score (nSPS) is 16.2. The van der Waals surface area contributed by atoms with Crippen molar-refractivity contribution in [3.63, 3.8) is 0 Å². The molecule has 2 N–H and O–H groups in total. The summed E-state index contributed by atoms with van der Waals surface area (Å²) in [5, 5.41) is 0. The molecule has 0 atom stereocenters. The van der Waals surface area contributed by atoms with Crippen molar-refractivity contribution in [1.82, 2.24) is 0 Å². The van der Waals surface area contributed by atoms with Crippen LogP contribution < -0.4 is 10.6 Å². The maximum absolute atomic E-state index is 5.64. The molecule has 0 saturated heterocycles. The second-order valence-corrected chi connectivity index (χ2v) is 4.53. The molecule has 2 rings (SSSR count). The molecule has 86 valence electrons. The maximum Gasteiger partial charge on any atom is 0.0371 e. The van der Waals surface area contributed by atoms with Crippen molar-refractivity contribution in [1.29, 1.82) is 0 Å². The van der Waals surface area contributed by atoms with Gasteiger partial charge in [0.2, 0.25) is 0 Å².